The lowest BCUT2D eigenvalue weighted by atomic mass is 10.1. The molecule has 0 saturated heterocycles. The van der Waals surface area contributed by atoms with E-state index in [1.807, 2.05) is 12.1 Å². The Kier molecular flexibility index (Phi) is 3.17. The summed E-state index contributed by atoms with van der Waals surface area (Å²) in [5.74, 6) is -1.73. The number of hydrogen-bond donors (Lipinski definition) is 2. The number of rotatable bonds is 2. The molecule has 5 heteroatoms. The number of benzene rings is 2. The summed E-state index contributed by atoms with van der Waals surface area (Å²) in [6.07, 6.45) is 1.72. The van der Waals surface area contributed by atoms with Gasteiger partial charge in [-0.15, -0.1) is 0 Å². The molecule has 0 bridgehead atoms. The number of carbonyl (C=O) groups excluding carboxylic acids is 1. The minimum Gasteiger partial charge on any atom is -0.361 e. The van der Waals surface area contributed by atoms with Gasteiger partial charge in [0.2, 0.25) is 0 Å². The fourth-order valence-electron chi connectivity index (χ4n) is 2.21. The number of amides is 1. The normalized spacial score (nSPS) is 10.8. The van der Waals surface area contributed by atoms with Crippen LogP contribution in [0.15, 0.2) is 42.6 Å². The lowest BCUT2D eigenvalue weighted by Gasteiger charge is -2.08. The standard InChI is InChI=1S/C16H12F2N2O/c1-9-7-13(18)14(8-12(9)17)20-16(21)11-4-2-3-10-5-6-19-15(10)11/h2-8,19H,1H3,(H,20,21). The van der Waals surface area contributed by atoms with E-state index in [0.29, 0.717) is 11.1 Å². The highest BCUT2D eigenvalue weighted by molar-refractivity contribution is 6.12. The quantitative estimate of drug-likeness (QED) is 0.734. The van der Waals surface area contributed by atoms with Gasteiger partial charge in [0.05, 0.1) is 16.8 Å². The monoisotopic (exact) mass is 286 g/mol. The highest BCUT2D eigenvalue weighted by Crippen LogP contribution is 2.22. The average molecular weight is 286 g/mol. The van der Waals surface area contributed by atoms with Crippen molar-refractivity contribution < 1.29 is 13.6 Å². The smallest absolute Gasteiger partial charge is 0.257 e. The molecule has 0 spiro atoms. The van der Waals surface area contributed by atoms with Gasteiger partial charge >= 0.3 is 0 Å². The summed E-state index contributed by atoms with van der Waals surface area (Å²) in [6, 6.07) is 9.08. The van der Waals surface area contributed by atoms with Crippen molar-refractivity contribution in [3.8, 4) is 0 Å². The third-order valence-corrected chi connectivity index (χ3v) is 3.33. The van der Waals surface area contributed by atoms with Gasteiger partial charge in [-0.25, -0.2) is 8.78 Å². The number of aromatic amines is 1. The molecule has 3 rings (SSSR count). The summed E-state index contributed by atoms with van der Waals surface area (Å²) in [5, 5.41) is 3.28. The zero-order valence-corrected chi connectivity index (χ0v) is 11.2. The Morgan fingerprint density at radius 3 is 2.76 bits per heavy atom. The van der Waals surface area contributed by atoms with Crippen molar-refractivity contribution in [2.75, 3.05) is 5.32 Å². The second-order valence-corrected chi connectivity index (χ2v) is 4.78. The minimum atomic E-state index is -0.666. The van der Waals surface area contributed by atoms with E-state index in [4.69, 9.17) is 0 Å². The fraction of sp³-hybridized carbons (Fsp3) is 0.0625. The van der Waals surface area contributed by atoms with Crippen LogP contribution in [0.2, 0.25) is 0 Å². The predicted octanol–water partition coefficient (Wildman–Crippen LogP) is 4.01. The molecule has 3 nitrogen and oxygen atoms in total. The summed E-state index contributed by atoms with van der Waals surface area (Å²) < 4.78 is 27.3. The molecule has 0 atom stereocenters. The zero-order valence-electron chi connectivity index (χ0n) is 11.2. The number of H-pyrrole nitrogens is 1. The van der Waals surface area contributed by atoms with Gasteiger partial charge in [-0.3, -0.25) is 4.79 Å². The van der Waals surface area contributed by atoms with E-state index in [2.05, 4.69) is 10.3 Å². The Morgan fingerprint density at radius 2 is 1.95 bits per heavy atom. The first kappa shape index (κ1) is 13.3. The highest BCUT2D eigenvalue weighted by Gasteiger charge is 2.14. The third kappa shape index (κ3) is 2.38. The highest BCUT2D eigenvalue weighted by atomic mass is 19.1. The van der Waals surface area contributed by atoms with E-state index in [1.54, 1.807) is 18.3 Å². The van der Waals surface area contributed by atoms with E-state index in [0.717, 1.165) is 17.5 Å². The Hall–Kier alpha value is -2.69. The van der Waals surface area contributed by atoms with Gasteiger partial charge in [0.15, 0.2) is 0 Å². The largest absolute Gasteiger partial charge is 0.361 e. The number of halogens is 2. The third-order valence-electron chi connectivity index (χ3n) is 3.33. The van der Waals surface area contributed by atoms with Crippen LogP contribution in [-0.4, -0.2) is 10.9 Å². The summed E-state index contributed by atoms with van der Waals surface area (Å²) in [6.45, 7) is 1.46. The molecule has 0 aliphatic heterocycles. The maximum Gasteiger partial charge on any atom is 0.257 e. The Balaban J connectivity index is 1.97. The van der Waals surface area contributed by atoms with Gasteiger partial charge < -0.3 is 10.3 Å². The van der Waals surface area contributed by atoms with Crippen LogP contribution in [0.25, 0.3) is 10.9 Å². The number of anilines is 1. The molecule has 1 heterocycles. The molecule has 0 fully saturated rings. The molecular weight excluding hydrogens is 274 g/mol. The number of para-hydroxylation sites is 1. The van der Waals surface area contributed by atoms with E-state index in [1.165, 1.54) is 6.92 Å². The second kappa shape index (κ2) is 5.01. The molecular formula is C16H12F2N2O. The predicted molar refractivity (Wildman–Crippen MR) is 77.3 cm³/mol. The first-order valence-electron chi connectivity index (χ1n) is 6.39. The van der Waals surface area contributed by atoms with Crippen molar-refractivity contribution in [3.63, 3.8) is 0 Å². The van der Waals surface area contributed by atoms with Gasteiger partial charge in [0.25, 0.3) is 5.91 Å². The fourth-order valence-corrected chi connectivity index (χ4v) is 2.21. The van der Waals surface area contributed by atoms with Crippen LogP contribution in [0.4, 0.5) is 14.5 Å². The number of fused-ring (bicyclic) bond motifs is 1. The van der Waals surface area contributed by atoms with Crippen LogP contribution in [0.5, 0.6) is 0 Å². The summed E-state index contributed by atoms with van der Waals surface area (Å²) in [7, 11) is 0. The first-order valence-corrected chi connectivity index (χ1v) is 6.39. The van der Waals surface area contributed by atoms with Gasteiger partial charge in [0, 0.05) is 17.6 Å². The van der Waals surface area contributed by atoms with E-state index >= 15 is 0 Å². The molecule has 2 aromatic carbocycles. The van der Waals surface area contributed by atoms with Gasteiger partial charge in [-0.1, -0.05) is 12.1 Å². The number of nitrogens with one attached hydrogen (secondary N) is 2. The van der Waals surface area contributed by atoms with Crippen molar-refractivity contribution in [2.45, 2.75) is 6.92 Å². The number of aryl methyl sites for hydroxylation is 1. The summed E-state index contributed by atoms with van der Waals surface area (Å²) in [5.41, 5.74) is 1.05. The van der Waals surface area contributed by atoms with Crippen LogP contribution in [-0.2, 0) is 0 Å². The molecule has 0 aliphatic carbocycles. The number of carbonyl (C=O) groups is 1. The Labute approximate surface area is 119 Å². The van der Waals surface area contributed by atoms with E-state index in [-0.39, 0.29) is 11.3 Å². The molecule has 0 unspecified atom stereocenters. The molecule has 0 aliphatic rings. The van der Waals surface area contributed by atoms with Crippen molar-refractivity contribution >= 4 is 22.5 Å². The van der Waals surface area contributed by atoms with Crippen LogP contribution < -0.4 is 5.32 Å². The van der Waals surface area contributed by atoms with Crippen LogP contribution in [0, 0.1) is 18.6 Å². The van der Waals surface area contributed by atoms with Gasteiger partial charge in [0.1, 0.15) is 11.6 Å². The topological polar surface area (TPSA) is 44.9 Å². The maximum absolute atomic E-state index is 13.8. The molecule has 0 saturated carbocycles. The van der Waals surface area contributed by atoms with Crippen molar-refractivity contribution in [1.29, 1.82) is 0 Å². The van der Waals surface area contributed by atoms with Crippen molar-refractivity contribution in [1.82, 2.24) is 4.98 Å². The minimum absolute atomic E-state index is 0.174. The lowest BCUT2D eigenvalue weighted by molar-refractivity contribution is 0.102. The van der Waals surface area contributed by atoms with Crippen LogP contribution in [0.3, 0.4) is 0 Å². The molecule has 2 N–H and O–H groups in total. The second-order valence-electron chi connectivity index (χ2n) is 4.78. The number of hydrogen-bond acceptors (Lipinski definition) is 1. The lowest BCUT2D eigenvalue weighted by Crippen LogP contribution is -2.14. The van der Waals surface area contributed by atoms with E-state index in [9.17, 15) is 13.6 Å². The first-order chi connectivity index (χ1) is 10.1. The molecule has 106 valence electrons. The Morgan fingerprint density at radius 1 is 1.14 bits per heavy atom. The molecule has 21 heavy (non-hydrogen) atoms. The van der Waals surface area contributed by atoms with Gasteiger partial charge in [-0.2, -0.15) is 0 Å². The van der Waals surface area contributed by atoms with Gasteiger partial charge in [-0.05, 0) is 30.7 Å². The summed E-state index contributed by atoms with van der Waals surface area (Å²) in [4.78, 5) is 15.2. The Bertz CT molecular complexity index is 839. The maximum atomic E-state index is 13.8. The van der Waals surface area contributed by atoms with Crippen LogP contribution >= 0.6 is 0 Å². The molecule has 1 amide bonds. The van der Waals surface area contributed by atoms with Crippen LogP contribution in [0.1, 0.15) is 15.9 Å². The van der Waals surface area contributed by atoms with Crippen molar-refractivity contribution in [2.24, 2.45) is 0 Å². The average Bonchev–Trinajstić information content (AvgIpc) is 2.92. The van der Waals surface area contributed by atoms with Crippen molar-refractivity contribution in [3.05, 3.63) is 65.4 Å². The van der Waals surface area contributed by atoms with E-state index < -0.39 is 17.5 Å². The number of aromatic nitrogens is 1. The molecule has 1 aromatic heterocycles. The summed E-state index contributed by atoms with van der Waals surface area (Å²) >= 11 is 0. The molecule has 3 aromatic rings. The zero-order chi connectivity index (χ0) is 15.0. The molecule has 0 radical (unpaired) electrons. The SMILES string of the molecule is Cc1cc(F)c(NC(=O)c2cccc3cc[nH]c23)cc1F.